The highest BCUT2D eigenvalue weighted by Gasteiger charge is 2.36. The van der Waals surface area contributed by atoms with Gasteiger partial charge in [-0.3, -0.25) is 0 Å². The van der Waals surface area contributed by atoms with Gasteiger partial charge >= 0.3 is 0 Å². The van der Waals surface area contributed by atoms with Crippen LogP contribution in [0.3, 0.4) is 0 Å². The molecular formula is C14H22ClN3O. The molecule has 1 fully saturated rings. The van der Waals surface area contributed by atoms with Crippen LogP contribution in [-0.2, 0) is 6.42 Å². The van der Waals surface area contributed by atoms with E-state index in [9.17, 15) is 0 Å². The Morgan fingerprint density at radius 2 is 2.26 bits per heavy atom. The van der Waals surface area contributed by atoms with Crippen molar-refractivity contribution in [2.75, 3.05) is 24.6 Å². The smallest absolute Gasteiger partial charge is 0.140 e. The zero-order chi connectivity index (χ0) is 12.7. The van der Waals surface area contributed by atoms with Gasteiger partial charge in [-0.1, -0.05) is 0 Å². The monoisotopic (exact) mass is 283 g/mol. The van der Waals surface area contributed by atoms with Gasteiger partial charge in [0, 0.05) is 30.7 Å². The van der Waals surface area contributed by atoms with Crippen LogP contribution in [-0.4, -0.2) is 36.8 Å². The fourth-order valence-corrected chi connectivity index (χ4v) is 3.11. The molecule has 3 rings (SSSR count). The minimum absolute atomic E-state index is 0. The number of nitrogens with zero attached hydrogens (tertiary/aromatic N) is 2. The van der Waals surface area contributed by atoms with Crippen LogP contribution >= 0.6 is 12.4 Å². The number of nitrogens with one attached hydrogen (secondary N) is 1. The van der Waals surface area contributed by atoms with Crippen LogP contribution in [0.25, 0.3) is 0 Å². The summed E-state index contributed by atoms with van der Waals surface area (Å²) >= 11 is 0. The van der Waals surface area contributed by atoms with E-state index in [4.69, 9.17) is 9.72 Å². The Bertz CT molecular complexity index is 466. The van der Waals surface area contributed by atoms with Gasteiger partial charge in [-0.15, -0.1) is 12.4 Å². The largest absolute Gasteiger partial charge is 0.492 e. The minimum Gasteiger partial charge on any atom is -0.492 e. The quantitative estimate of drug-likeness (QED) is 0.900. The summed E-state index contributed by atoms with van der Waals surface area (Å²) in [4.78, 5) is 7.26. The maximum atomic E-state index is 5.65. The van der Waals surface area contributed by atoms with E-state index in [2.05, 4.69) is 23.2 Å². The predicted molar refractivity (Wildman–Crippen MR) is 79.7 cm³/mol. The molecular weight excluding hydrogens is 262 g/mol. The van der Waals surface area contributed by atoms with Crippen LogP contribution in [0.2, 0.25) is 0 Å². The lowest BCUT2D eigenvalue weighted by atomic mass is 10.1. The fourth-order valence-electron chi connectivity index (χ4n) is 3.11. The van der Waals surface area contributed by atoms with Gasteiger partial charge in [0.1, 0.15) is 11.6 Å². The van der Waals surface area contributed by atoms with Gasteiger partial charge in [0.2, 0.25) is 0 Å². The molecule has 0 radical (unpaired) electrons. The molecule has 1 N–H and O–H groups in total. The van der Waals surface area contributed by atoms with E-state index in [1.54, 1.807) is 0 Å². The summed E-state index contributed by atoms with van der Waals surface area (Å²) in [7, 11) is 0. The van der Waals surface area contributed by atoms with Crippen LogP contribution in [0.1, 0.15) is 25.1 Å². The second kappa shape index (κ2) is 5.55. The fraction of sp³-hybridized carbons (Fsp3) is 0.643. The summed E-state index contributed by atoms with van der Waals surface area (Å²) in [5, 5.41) is 3.49. The Morgan fingerprint density at radius 1 is 1.47 bits per heavy atom. The molecule has 1 aromatic rings. The second-order valence-corrected chi connectivity index (χ2v) is 5.26. The first kappa shape index (κ1) is 14.4. The first-order valence-corrected chi connectivity index (χ1v) is 6.83. The molecule has 0 unspecified atom stereocenters. The zero-order valence-electron chi connectivity index (χ0n) is 11.8. The van der Waals surface area contributed by atoms with E-state index in [-0.39, 0.29) is 12.4 Å². The molecule has 2 aliphatic rings. The molecule has 0 amide bonds. The van der Waals surface area contributed by atoms with Gasteiger partial charge in [0.25, 0.3) is 0 Å². The number of anilines is 1. The summed E-state index contributed by atoms with van der Waals surface area (Å²) in [5.41, 5.74) is 2.34. The van der Waals surface area contributed by atoms with Gasteiger partial charge < -0.3 is 15.0 Å². The Morgan fingerprint density at radius 3 is 3.00 bits per heavy atom. The molecule has 3 heterocycles. The lowest BCUT2D eigenvalue weighted by Gasteiger charge is -2.37. The molecule has 0 saturated carbocycles. The molecule has 1 aromatic heterocycles. The van der Waals surface area contributed by atoms with Crippen molar-refractivity contribution in [2.45, 2.75) is 39.3 Å². The summed E-state index contributed by atoms with van der Waals surface area (Å²) in [6, 6.07) is 3.27. The van der Waals surface area contributed by atoms with E-state index in [0.717, 1.165) is 31.0 Å². The highest BCUT2D eigenvalue weighted by molar-refractivity contribution is 5.85. The topological polar surface area (TPSA) is 37.4 Å². The van der Waals surface area contributed by atoms with Crippen molar-refractivity contribution in [3.63, 3.8) is 0 Å². The van der Waals surface area contributed by atoms with Crippen LogP contribution in [0, 0.1) is 6.92 Å². The van der Waals surface area contributed by atoms with Gasteiger partial charge in [0.05, 0.1) is 12.3 Å². The summed E-state index contributed by atoms with van der Waals surface area (Å²) in [6.07, 6.45) is 1.08. The van der Waals surface area contributed by atoms with E-state index >= 15 is 0 Å². The van der Waals surface area contributed by atoms with Crippen LogP contribution in [0.5, 0.6) is 5.75 Å². The number of pyridine rings is 1. The molecule has 0 bridgehead atoms. The van der Waals surface area contributed by atoms with Crippen LogP contribution < -0.4 is 15.0 Å². The van der Waals surface area contributed by atoms with Crippen molar-refractivity contribution >= 4 is 18.2 Å². The number of rotatable bonds is 2. The van der Waals surface area contributed by atoms with E-state index in [1.165, 1.54) is 11.4 Å². The van der Waals surface area contributed by atoms with Crippen molar-refractivity contribution in [3.8, 4) is 5.75 Å². The Kier molecular flexibility index (Phi) is 4.21. The third-order valence-electron chi connectivity index (χ3n) is 3.91. The van der Waals surface area contributed by atoms with E-state index < -0.39 is 0 Å². The average Bonchev–Trinajstić information content (AvgIpc) is 2.69. The highest BCUT2D eigenvalue weighted by Crippen LogP contribution is 2.36. The SMILES string of the molecule is CCOc1cc2c(nc1C)N1[C@@H](CNC[C@H]1C)C2.Cl. The van der Waals surface area contributed by atoms with E-state index in [1.807, 2.05) is 13.8 Å². The Hall–Kier alpha value is -1.00. The first-order valence-electron chi connectivity index (χ1n) is 6.83. The summed E-state index contributed by atoms with van der Waals surface area (Å²) in [6.45, 7) is 9.12. The average molecular weight is 284 g/mol. The number of hydrogen-bond donors (Lipinski definition) is 1. The minimum atomic E-state index is 0. The molecule has 4 nitrogen and oxygen atoms in total. The molecule has 0 aliphatic carbocycles. The van der Waals surface area contributed by atoms with Crippen molar-refractivity contribution in [3.05, 3.63) is 17.3 Å². The number of hydrogen-bond acceptors (Lipinski definition) is 4. The van der Waals surface area contributed by atoms with Crippen molar-refractivity contribution in [1.29, 1.82) is 0 Å². The highest BCUT2D eigenvalue weighted by atomic mass is 35.5. The normalized spacial score (nSPS) is 24.5. The molecule has 0 spiro atoms. The molecule has 1 saturated heterocycles. The first-order chi connectivity index (χ1) is 8.70. The number of halogens is 1. The number of piperazine rings is 1. The summed E-state index contributed by atoms with van der Waals surface area (Å²) < 4.78 is 5.65. The van der Waals surface area contributed by atoms with Crippen LogP contribution in [0.15, 0.2) is 6.07 Å². The molecule has 2 atom stereocenters. The van der Waals surface area contributed by atoms with Gasteiger partial charge in [-0.2, -0.15) is 0 Å². The lowest BCUT2D eigenvalue weighted by molar-refractivity contribution is 0.336. The van der Waals surface area contributed by atoms with Crippen molar-refractivity contribution in [1.82, 2.24) is 10.3 Å². The maximum absolute atomic E-state index is 5.65. The second-order valence-electron chi connectivity index (χ2n) is 5.26. The zero-order valence-corrected chi connectivity index (χ0v) is 12.6. The third-order valence-corrected chi connectivity index (χ3v) is 3.91. The Balaban J connectivity index is 0.00000133. The number of aromatic nitrogens is 1. The van der Waals surface area contributed by atoms with E-state index in [0.29, 0.717) is 18.7 Å². The van der Waals surface area contributed by atoms with Crippen LogP contribution in [0.4, 0.5) is 5.82 Å². The lowest BCUT2D eigenvalue weighted by Crippen LogP contribution is -2.55. The van der Waals surface area contributed by atoms with Crippen molar-refractivity contribution in [2.24, 2.45) is 0 Å². The maximum Gasteiger partial charge on any atom is 0.140 e. The standard InChI is InChI=1S/C14H21N3O.ClH/c1-4-18-13-6-11-5-12-8-15-7-9(2)17(12)14(11)16-10(13)3;/h6,9,12,15H,4-5,7-8H2,1-3H3;1H/t9-,12-;/m1./s1. The Labute approximate surface area is 121 Å². The van der Waals surface area contributed by atoms with Gasteiger partial charge in [-0.25, -0.2) is 4.98 Å². The molecule has 19 heavy (non-hydrogen) atoms. The molecule has 5 heteroatoms. The third kappa shape index (κ3) is 2.39. The number of fused-ring (bicyclic) bond motifs is 3. The molecule has 0 aromatic carbocycles. The van der Waals surface area contributed by atoms with Gasteiger partial charge in [-0.05, 0) is 33.3 Å². The number of ether oxygens (including phenoxy) is 1. The van der Waals surface area contributed by atoms with Crippen molar-refractivity contribution < 1.29 is 4.74 Å². The molecule has 106 valence electrons. The molecule has 2 aliphatic heterocycles. The number of aryl methyl sites for hydroxylation is 1. The van der Waals surface area contributed by atoms with Gasteiger partial charge in [0.15, 0.2) is 0 Å². The summed E-state index contributed by atoms with van der Waals surface area (Å²) in [5.74, 6) is 2.12. The predicted octanol–water partition coefficient (Wildman–Crippen LogP) is 1.93.